The Morgan fingerprint density at radius 3 is 2.69 bits per heavy atom. The Kier molecular flexibility index (Phi) is 5.95. The number of rotatable bonds is 7. The Bertz CT molecular complexity index is 1440. The first-order valence-corrected chi connectivity index (χ1v) is 10.8. The Morgan fingerprint density at radius 1 is 1.16 bits per heavy atom. The topological polar surface area (TPSA) is 104 Å². The second-order valence-corrected chi connectivity index (χ2v) is 8.07. The van der Waals surface area contributed by atoms with Gasteiger partial charge in [-0.05, 0) is 30.7 Å². The molecule has 166 valence electrons. The molecule has 0 atom stereocenters. The largest absolute Gasteiger partial charge is 0.497 e. The lowest BCUT2D eigenvalue weighted by molar-refractivity contribution is -0.116. The van der Waals surface area contributed by atoms with Gasteiger partial charge in [0.15, 0.2) is 0 Å². The number of nitrogens with zero attached hydrogens (tertiary/aromatic N) is 3. The molecule has 0 radical (unpaired) electrons. The predicted octanol–water partition coefficient (Wildman–Crippen LogP) is 2.84. The molecule has 0 aliphatic rings. The number of anilines is 1. The Morgan fingerprint density at radius 2 is 1.97 bits per heavy atom. The molecule has 0 fully saturated rings. The van der Waals surface area contributed by atoms with E-state index >= 15 is 0 Å². The maximum atomic E-state index is 13.2. The molecule has 0 saturated carbocycles. The number of carbonyl (C=O) groups excluding carboxylic acids is 1. The van der Waals surface area contributed by atoms with Crippen molar-refractivity contribution in [3.05, 3.63) is 57.4 Å². The summed E-state index contributed by atoms with van der Waals surface area (Å²) in [5.74, 6) is 0.565. The molecular weight excluding hydrogens is 432 g/mol. The number of methoxy groups -OCH3 is 2. The first-order valence-electron chi connectivity index (χ1n) is 10.0. The number of ether oxygens (including phenoxy) is 2. The van der Waals surface area contributed by atoms with Gasteiger partial charge >= 0.3 is 5.69 Å². The third-order valence-electron chi connectivity index (χ3n) is 5.04. The zero-order valence-electron chi connectivity index (χ0n) is 17.9. The molecule has 1 N–H and O–H groups in total. The van der Waals surface area contributed by atoms with Crippen molar-refractivity contribution in [2.75, 3.05) is 19.5 Å². The van der Waals surface area contributed by atoms with Gasteiger partial charge in [-0.2, -0.15) is 0 Å². The molecule has 1 aromatic carbocycles. The molecule has 4 rings (SSSR count). The highest BCUT2D eigenvalue weighted by Gasteiger charge is 2.20. The molecule has 1 amide bonds. The summed E-state index contributed by atoms with van der Waals surface area (Å²) in [5, 5.41) is 3.44. The fourth-order valence-corrected chi connectivity index (χ4v) is 4.69. The second-order valence-electron chi connectivity index (χ2n) is 7.08. The minimum absolute atomic E-state index is 0.264. The fourth-order valence-electron chi connectivity index (χ4n) is 3.60. The summed E-state index contributed by atoms with van der Waals surface area (Å²) in [5.41, 5.74) is -0.0466. The first-order chi connectivity index (χ1) is 15.5. The zero-order chi connectivity index (χ0) is 22.8. The fraction of sp³-hybridized carbons (Fsp3) is 0.273. The maximum Gasteiger partial charge on any atom is 0.332 e. The van der Waals surface area contributed by atoms with E-state index < -0.39 is 11.6 Å². The lowest BCUT2D eigenvalue weighted by atomic mass is 10.2. The van der Waals surface area contributed by atoms with Gasteiger partial charge in [0, 0.05) is 24.2 Å². The van der Waals surface area contributed by atoms with Crippen LogP contribution in [0.25, 0.3) is 20.4 Å². The minimum Gasteiger partial charge on any atom is -0.497 e. The highest BCUT2D eigenvalue weighted by molar-refractivity contribution is 7.25. The molecule has 0 aliphatic heterocycles. The number of pyridine rings is 1. The minimum atomic E-state index is -0.527. The van der Waals surface area contributed by atoms with Crippen LogP contribution in [0.15, 0.2) is 46.1 Å². The van der Waals surface area contributed by atoms with Gasteiger partial charge in [0.05, 0.1) is 25.4 Å². The Hall–Kier alpha value is -3.66. The summed E-state index contributed by atoms with van der Waals surface area (Å²) in [6.45, 7) is 1.87. The van der Waals surface area contributed by atoms with Crippen LogP contribution in [0.3, 0.4) is 0 Å². The number of fused-ring (bicyclic) bond motifs is 3. The lowest BCUT2D eigenvalue weighted by Crippen LogP contribution is -2.41. The SMILES string of the molecule is CCCn1c(=O)c2sc3ncccc3c2n(CC(=O)Nc2cc(OC)ccc2OC)c1=O. The summed E-state index contributed by atoms with van der Waals surface area (Å²) in [4.78, 5) is 44.2. The number of hydrogen-bond donors (Lipinski definition) is 1. The molecular formula is C22H22N4O5S. The van der Waals surface area contributed by atoms with Crippen molar-refractivity contribution in [1.82, 2.24) is 14.1 Å². The third kappa shape index (κ3) is 3.73. The van der Waals surface area contributed by atoms with E-state index in [9.17, 15) is 14.4 Å². The van der Waals surface area contributed by atoms with Gasteiger partial charge in [0.25, 0.3) is 5.56 Å². The quantitative estimate of drug-likeness (QED) is 0.461. The summed E-state index contributed by atoms with van der Waals surface area (Å²) >= 11 is 1.22. The van der Waals surface area contributed by atoms with Crippen LogP contribution in [-0.2, 0) is 17.9 Å². The van der Waals surface area contributed by atoms with Gasteiger partial charge < -0.3 is 14.8 Å². The average Bonchev–Trinajstić information content (AvgIpc) is 3.19. The molecule has 0 aliphatic carbocycles. The van der Waals surface area contributed by atoms with E-state index in [0.717, 1.165) is 0 Å². The average molecular weight is 455 g/mol. The highest BCUT2D eigenvalue weighted by atomic mass is 32.1. The molecule has 10 heteroatoms. The molecule has 32 heavy (non-hydrogen) atoms. The van der Waals surface area contributed by atoms with Gasteiger partial charge in [-0.25, -0.2) is 9.78 Å². The van der Waals surface area contributed by atoms with Crippen LogP contribution in [0.2, 0.25) is 0 Å². The van der Waals surface area contributed by atoms with Crippen LogP contribution in [0.1, 0.15) is 13.3 Å². The van der Waals surface area contributed by atoms with Gasteiger partial charge in [-0.15, -0.1) is 11.3 Å². The van der Waals surface area contributed by atoms with Crippen molar-refractivity contribution in [2.45, 2.75) is 26.4 Å². The molecule has 0 saturated heterocycles. The Balaban J connectivity index is 1.83. The van der Waals surface area contributed by atoms with Crippen LogP contribution in [-0.4, -0.2) is 34.2 Å². The highest BCUT2D eigenvalue weighted by Crippen LogP contribution is 2.30. The van der Waals surface area contributed by atoms with E-state index in [1.54, 1.807) is 36.5 Å². The molecule has 4 aromatic rings. The monoisotopic (exact) mass is 454 g/mol. The molecule has 0 spiro atoms. The van der Waals surface area contributed by atoms with Crippen molar-refractivity contribution in [3.63, 3.8) is 0 Å². The molecule has 3 heterocycles. The number of nitrogens with one attached hydrogen (secondary N) is 1. The molecule has 3 aromatic heterocycles. The van der Waals surface area contributed by atoms with E-state index in [2.05, 4.69) is 10.3 Å². The van der Waals surface area contributed by atoms with E-state index in [0.29, 0.717) is 44.0 Å². The first kappa shape index (κ1) is 21.6. The molecule has 0 bridgehead atoms. The van der Waals surface area contributed by atoms with Crippen molar-refractivity contribution in [1.29, 1.82) is 0 Å². The molecule has 9 nitrogen and oxygen atoms in total. The maximum absolute atomic E-state index is 13.2. The van der Waals surface area contributed by atoms with Crippen LogP contribution < -0.4 is 26.0 Å². The number of benzene rings is 1. The zero-order valence-corrected chi connectivity index (χ0v) is 18.7. The smallest absolute Gasteiger partial charge is 0.332 e. The number of thiophene rings is 1. The predicted molar refractivity (Wildman–Crippen MR) is 124 cm³/mol. The van der Waals surface area contributed by atoms with E-state index in [1.807, 2.05) is 6.92 Å². The third-order valence-corrected chi connectivity index (χ3v) is 6.13. The summed E-state index contributed by atoms with van der Waals surface area (Å²) in [6, 6.07) is 8.56. The number of amides is 1. The van der Waals surface area contributed by atoms with Gasteiger partial charge in [-0.3, -0.25) is 18.7 Å². The number of carbonyl (C=O) groups is 1. The van der Waals surface area contributed by atoms with Crippen molar-refractivity contribution in [2.24, 2.45) is 0 Å². The van der Waals surface area contributed by atoms with Crippen molar-refractivity contribution in [3.8, 4) is 11.5 Å². The van der Waals surface area contributed by atoms with Crippen LogP contribution in [0, 0.1) is 0 Å². The van der Waals surface area contributed by atoms with E-state index in [4.69, 9.17) is 9.47 Å². The summed E-state index contributed by atoms with van der Waals surface area (Å²) in [6.07, 6.45) is 2.24. The molecule has 0 unspecified atom stereocenters. The summed E-state index contributed by atoms with van der Waals surface area (Å²) < 4.78 is 13.5. The van der Waals surface area contributed by atoms with Gasteiger partial charge in [0.1, 0.15) is 27.6 Å². The van der Waals surface area contributed by atoms with Crippen LogP contribution in [0.4, 0.5) is 5.69 Å². The second kappa shape index (κ2) is 8.83. The van der Waals surface area contributed by atoms with E-state index in [1.165, 1.54) is 34.7 Å². The normalized spacial score (nSPS) is 11.1. The van der Waals surface area contributed by atoms with Crippen LogP contribution in [0.5, 0.6) is 11.5 Å². The van der Waals surface area contributed by atoms with Crippen LogP contribution >= 0.6 is 11.3 Å². The van der Waals surface area contributed by atoms with Gasteiger partial charge in [-0.1, -0.05) is 6.92 Å². The number of hydrogen-bond acceptors (Lipinski definition) is 7. The lowest BCUT2D eigenvalue weighted by Gasteiger charge is -2.14. The van der Waals surface area contributed by atoms with Crippen molar-refractivity contribution < 1.29 is 14.3 Å². The standard InChI is InChI=1S/C22H22N4O5S/c1-4-10-25-21(28)19-18(14-6-5-9-23-20(14)32-19)26(22(25)29)12-17(27)24-15-11-13(30-2)7-8-16(15)31-3/h5-9,11H,4,10,12H2,1-3H3,(H,24,27). The van der Waals surface area contributed by atoms with Crippen molar-refractivity contribution >= 4 is 43.4 Å². The Labute approximate surface area is 186 Å². The summed E-state index contributed by atoms with van der Waals surface area (Å²) in [7, 11) is 3.02. The number of aromatic nitrogens is 3. The van der Waals surface area contributed by atoms with Gasteiger partial charge in [0.2, 0.25) is 5.91 Å². The van der Waals surface area contributed by atoms with E-state index in [-0.39, 0.29) is 18.6 Å².